The van der Waals surface area contributed by atoms with E-state index in [-0.39, 0.29) is 55.5 Å². The summed E-state index contributed by atoms with van der Waals surface area (Å²) < 4.78 is 39.6. The molecule has 0 bridgehead atoms. The van der Waals surface area contributed by atoms with Crippen LogP contribution in [0.25, 0.3) is 0 Å². The van der Waals surface area contributed by atoms with Gasteiger partial charge in [0.25, 0.3) is 0 Å². The Hall–Kier alpha value is -4.86. The van der Waals surface area contributed by atoms with Gasteiger partial charge in [0, 0.05) is 26.2 Å². The Morgan fingerprint density at radius 3 is 2.08 bits per heavy atom. The number of ether oxygens (including phenoxy) is 2. The van der Waals surface area contributed by atoms with Gasteiger partial charge in [-0.05, 0) is 98.8 Å². The van der Waals surface area contributed by atoms with E-state index in [0.717, 1.165) is 42.9 Å². The van der Waals surface area contributed by atoms with Crippen molar-refractivity contribution in [2.75, 3.05) is 19.7 Å². The van der Waals surface area contributed by atoms with E-state index < -0.39 is 12.1 Å². The average molecular weight is 733 g/mol. The van der Waals surface area contributed by atoms with Gasteiger partial charge in [-0.25, -0.2) is 23.2 Å². The summed E-state index contributed by atoms with van der Waals surface area (Å²) in [5.41, 5.74) is 4.87. The van der Waals surface area contributed by atoms with Crippen LogP contribution in [0, 0.1) is 25.5 Å². The summed E-state index contributed by atoms with van der Waals surface area (Å²) in [5.74, 6) is -2.09. The van der Waals surface area contributed by atoms with E-state index >= 15 is 0 Å². The average Bonchev–Trinajstić information content (AvgIpc) is 3.52. The van der Waals surface area contributed by atoms with Crippen LogP contribution in [0.4, 0.5) is 13.6 Å². The van der Waals surface area contributed by atoms with Gasteiger partial charge in [0.05, 0.1) is 31.1 Å². The zero-order valence-corrected chi connectivity index (χ0v) is 29.5. The van der Waals surface area contributed by atoms with Gasteiger partial charge in [-0.3, -0.25) is 9.36 Å². The third-order valence-electron chi connectivity index (χ3n) is 7.62. The topological polar surface area (TPSA) is 161 Å². The molecule has 1 amide bonds. The number of amides is 1. The Bertz CT molecular complexity index is 1730. The molecule has 0 atom stereocenters. The van der Waals surface area contributed by atoms with Crippen molar-refractivity contribution in [2.45, 2.75) is 73.0 Å². The molecule has 16 heteroatoms. The molecule has 276 valence electrons. The first-order chi connectivity index (χ1) is 23.9. The van der Waals surface area contributed by atoms with E-state index in [1.54, 1.807) is 43.7 Å². The molecule has 4 aromatic rings. The number of aromatic nitrogens is 4. The second-order valence-corrected chi connectivity index (χ2v) is 11.8. The van der Waals surface area contributed by atoms with Gasteiger partial charge in [-0.2, -0.15) is 10.2 Å². The minimum absolute atomic E-state index is 0. The first-order valence-corrected chi connectivity index (χ1v) is 16.2. The second kappa shape index (κ2) is 19.5. The lowest BCUT2D eigenvalue weighted by Gasteiger charge is -2.19. The number of aromatic carboxylic acids is 1. The van der Waals surface area contributed by atoms with Gasteiger partial charge in [0.1, 0.15) is 18.2 Å². The molecule has 0 unspecified atom stereocenters. The fourth-order valence-corrected chi connectivity index (χ4v) is 5.42. The third kappa shape index (κ3) is 12.2. The van der Waals surface area contributed by atoms with Gasteiger partial charge in [0.2, 0.25) is 0 Å². The first-order valence-electron chi connectivity index (χ1n) is 16.2. The van der Waals surface area contributed by atoms with Crippen molar-refractivity contribution in [3.8, 4) is 0 Å². The third-order valence-corrected chi connectivity index (χ3v) is 7.62. The van der Waals surface area contributed by atoms with Crippen molar-refractivity contribution in [2.24, 2.45) is 0 Å². The molecule has 0 saturated carbocycles. The van der Waals surface area contributed by atoms with E-state index in [4.69, 9.17) is 19.7 Å². The lowest BCUT2D eigenvalue weighted by Crippen LogP contribution is -2.31. The van der Waals surface area contributed by atoms with Crippen LogP contribution >= 0.6 is 12.4 Å². The van der Waals surface area contributed by atoms with Crippen molar-refractivity contribution in [3.63, 3.8) is 0 Å². The number of halogens is 3. The summed E-state index contributed by atoms with van der Waals surface area (Å²) in [4.78, 5) is 36.3. The van der Waals surface area contributed by atoms with Crippen molar-refractivity contribution < 1.29 is 42.9 Å². The lowest BCUT2D eigenvalue weighted by molar-refractivity contribution is 0.0517. The van der Waals surface area contributed by atoms with E-state index in [1.807, 2.05) is 4.68 Å². The zero-order chi connectivity index (χ0) is 36.2. The van der Waals surface area contributed by atoms with Crippen LogP contribution < -0.4 is 5.32 Å². The fraction of sp³-hybridized carbons (Fsp3) is 0.400. The largest absolute Gasteiger partial charge is 0.476 e. The number of benzene rings is 2. The Morgan fingerprint density at radius 1 is 0.824 bits per heavy atom. The first kappa shape index (κ1) is 40.6. The van der Waals surface area contributed by atoms with E-state index in [2.05, 4.69) is 15.5 Å². The van der Waals surface area contributed by atoms with Gasteiger partial charge in [0.15, 0.2) is 11.4 Å². The molecule has 2 aromatic heterocycles. The second-order valence-electron chi connectivity index (χ2n) is 11.8. The molecule has 4 heterocycles. The quantitative estimate of drug-likeness (QED) is 0.226. The molecule has 13 nitrogen and oxygen atoms in total. The number of carboxylic acids is 1. The number of hydrogen-bond acceptors (Lipinski definition) is 9. The molecule has 2 aliphatic rings. The molecular weight excluding hydrogens is 690 g/mol. The SMILES string of the molecule is CCOC(=O)c1cc2n(n1)CCCNC2.Cc1cc(F)cc(CO)c1.Cc1cc(F)cc(COC(=O)N2CCCn3nc(C(=O)O)cc3C2)c1.Cl. The predicted molar refractivity (Wildman–Crippen MR) is 184 cm³/mol. The van der Waals surface area contributed by atoms with Crippen LogP contribution in [0.3, 0.4) is 0 Å². The number of nitrogens with zero attached hydrogens (tertiary/aromatic N) is 5. The Labute approximate surface area is 300 Å². The molecule has 51 heavy (non-hydrogen) atoms. The minimum Gasteiger partial charge on any atom is -0.476 e. The van der Waals surface area contributed by atoms with Gasteiger partial charge in [-0.15, -0.1) is 12.4 Å². The van der Waals surface area contributed by atoms with Crippen molar-refractivity contribution in [1.82, 2.24) is 29.8 Å². The van der Waals surface area contributed by atoms with Crippen LogP contribution in [0.15, 0.2) is 48.5 Å². The predicted octanol–water partition coefficient (Wildman–Crippen LogP) is 5.17. The Kier molecular flexibility index (Phi) is 15.5. The highest BCUT2D eigenvalue weighted by atomic mass is 35.5. The van der Waals surface area contributed by atoms with E-state index in [0.29, 0.717) is 48.6 Å². The molecule has 0 aliphatic carbocycles. The Balaban J connectivity index is 0.000000229. The maximum Gasteiger partial charge on any atom is 0.410 e. The maximum absolute atomic E-state index is 13.4. The van der Waals surface area contributed by atoms with Gasteiger partial charge >= 0.3 is 18.0 Å². The molecule has 6 rings (SSSR count). The monoisotopic (exact) mass is 732 g/mol. The number of hydrogen-bond donors (Lipinski definition) is 3. The summed E-state index contributed by atoms with van der Waals surface area (Å²) in [6, 6.07) is 12.3. The highest BCUT2D eigenvalue weighted by Crippen LogP contribution is 2.17. The van der Waals surface area contributed by atoms with Crippen LogP contribution in [0.5, 0.6) is 0 Å². The van der Waals surface area contributed by atoms with Crippen LogP contribution in [-0.4, -0.2) is 72.4 Å². The van der Waals surface area contributed by atoms with Crippen molar-refractivity contribution in [3.05, 3.63) is 105 Å². The summed E-state index contributed by atoms with van der Waals surface area (Å²) >= 11 is 0. The summed E-state index contributed by atoms with van der Waals surface area (Å²) in [6.07, 6.45) is 1.16. The van der Waals surface area contributed by atoms with Crippen LogP contribution in [0.2, 0.25) is 0 Å². The number of carbonyl (C=O) groups is 3. The van der Waals surface area contributed by atoms with Crippen LogP contribution in [0.1, 0.15) is 74.4 Å². The normalized spacial score (nSPS) is 13.3. The summed E-state index contributed by atoms with van der Waals surface area (Å²) in [7, 11) is 0. The molecule has 0 spiro atoms. The standard InChI is InChI=1S/C17H18FN3O4.C10H15N3O2.C8H9FO.ClH/c1-11-5-12(7-13(18)6-11)10-25-17(24)20-3-2-4-21-14(9-20)8-15(19-21)16(22)23;1-2-15-10(14)9-6-8-7-11-4-3-5-13(8)12-9;1-6-2-7(5-10)4-8(9)3-6;/h5-8H,2-4,9-10H2,1H3,(H,22,23);6,11H,2-5,7H2,1H3;2-4,10H,5H2,1H3;1H. The fourth-order valence-electron chi connectivity index (χ4n) is 5.42. The smallest absolute Gasteiger partial charge is 0.410 e. The highest BCUT2D eigenvalue weighted by molar-refractivity contribution is 5.87. The Morgan fingerprint density at radius 2 is 1.43 bits per heavy atom. The number of aliphatic hydroxyl groups excluding tert-OH is 1. The number of rotatable bonds is 6. The molecule has 2 aromatic carbocycles. The number of carbonyl (C=O) groups excluding carboxylic acids is 2. The minimum atomic E-state index is -1.10. The molecule has 3 N–H and O–H groups in total. The highest BCUT2D eigenvalue weighted by Gasteiger charge is 2.23. The van der Waals surface area contributed by atoms with E-state index in [1.165, 1.54) is 35.2 Å². The number of carboxylic acid groups (broad SMARTS) is 1. The van der Waals surface area contributed by atoms with Crippen molar-refractivity contribution >= 4 is 30.4 Å². The van der Waals surface area contributed by atoms with Gasteiger partial charge < -0.3 is 29.9 Å². The number of fused-ring (bicyclic) bond motifs is 2. The summed E-state index contributed by atoms with van der Waals surface area (Å²) in [5, 5.41) is 29.2. The molecular formula is C35H43ClF2N6O7. The number of esters is 1. The summed E-state index contributed by atoms with van der Waals surface area (Å²) in [6.45, 7) is 9.49. The number of nitrogens with one attached hydrogen (secondary N) is 1. The van der Waals surface area contributed by atoms with E-state index in [9.17, 15) is 23.2 Å². The van der Waals surface area contributed by atoms with Crippen LogP contribution in [-0.2, 0) is 48.9 Å². The molecule has 0 fully saturated rings. The number of aryl methyl sites for hydroxylation is 4. The molecule has 0 radical (unpaired) electrons. The maximum atomic E-state index is 13.4. The van der Waals surface area contributed by atoms with Gasteiger partial charge in [-0.1, -0.05) is 12.1 Å². The lowest BCUT2D eigenvalue weighted by atomic mass is 10.1. The molecule has 0 saturated heterocycles. The molecule has 2 aliphatic heterocycles. The van der Waals surface area contributed by atoms with Crippen molar-refractivity contribution in [1.29, 1.82) is 0 Å². The zero-order valence-electron chi connectivity index (χ0n) is 28.7. The number of aliphatic hydroxyl groups is 1.